The molecule has 0 aromatic rings. The van der Waals surface area contributed by atoms with Crippen molar-refractivity contribution >= 4 is 13.5 Å². The summed E-state index contributed by atoms with van der Waals surface area (Å²) in [5.74, 6) is 0. The topological polar surface area (TPSA) is 3.24 Å². The van der Waals surface area contributed by atoms with E-state index >= 15 is 0 Å². The van der Waals surface area contributed by atoms with Crippen LogP contribution in [0.3, 0.4) is 0 Å². The summed E-state index contributed by atoms with van der Waals surface area (Å²) in [6.07, 6.45) is 1.26. The maximum Gasteiger partial charge on any atom is -0.00275 e. The van der Waals surface area contributed by atoms with E-state index in [1.807, 2.05) is 0 Å². The molecular weight excluding hydrogens is 118 g/mol. The summed E-state index contributed by atoms with van der Waals surface area (Å²) in [7, 11) is 4.17. The molecular formula is C6H19NS. The molecule has 0 bridgehead atoms. The fourth-order valence-electron chi connectivity index (χ4n) is 0.447. The third kappa shape index (κ3) is 16.2. The van der Waals surface area contributed by atoms with Crippen molar-refractivity contribution in [3.8, 4) is 0 Å². The van der Waals surface area contributed by atoms with Crippen LogP contribution in [0.4, 0.5) is 0 Å². The summed E-state index contributed by atoms with van der Waals surface area (Å²) in [6.45, 7) is 3.39. The van der Waals surface area contributed by atoms with Crippen LogP contribution >= 0.6 is 13.5 Å². The van der Waals surface area contributed by atoms with Gasteiger partial charge in [-0.05, 0) is 27.1 Å². The van der Waals surface area contributed by atoms with E-state index in [0.29, 0.717) is 0 Å². The fraction of sp³-hybridized carbons (Fsp3) is 1.00. The summed E-state index contributed by atoms with van der Waals surface area (Å²) in [5, 5.41) is 0. The first-order valence-corrected chi connectivity index (χ1v) is 2.42. The largest absolute Gasteiger partial charge is 0.309 e. The quantitative estimate of drug-likeness (QED) is 0.560. The van der Waals surface area contributed by atoms with Crippen molar-refractivity contribution in [2.24, 2.45) is 0 Å². The van der Waals surface area contributed by atoms with Crippen LogP contribution in [0.1, 0.15) is 20.8 Å². The molecule has 1 nitrogen and oxygen atoms in total. The fourth-order valence-corrected chi connectivity index (χ4v) is 0.447. The van der Waals surface area contributed by atoms with Gasteiger partial charge in [-0.2, -0.15) is 13.5 Å². The second-order valence-electron chi connectivity index (χ2n) is 1.80. The summed E-state index contributed by atoms with van der Waals surface area (Å²) in [6, 6.07) is 0. The standard InChI is InChI=1S/C5H13N.CH4.H2S/c1-4-5-6(2)3;;/h4-5H2,1-3H3;1H4;1H2. The summed E-state index contributed by atoms with van der Waals surface area (Å²) < 4.78 is 0. The summed E-state index contributed by atoms with van der Waals surface area (Å²) >= 11 is 0. The highest BCUT2D eigenvalue weighted by atomic mass is 32.1. The molecule has 0 amide bonds. The van der Waals surface area contributed by atoms with Gasteiger partial charge in [0.15, 0.2) is 0 Å². The van der Waals surface area contributed by atoms with Crippen LogP contribution in [0.25, 0.3) is 0 Å². The molecule has 8 heavy (non-hydrogen) atoms. The van der Waals surface area contributed by atoms with Gasteiger partial charge in [-0.3, -0.25) is 0 Å². The molecule has 0 aromatic carbocycles. The van der Waals surface area contributed by atoms with E-state index in [2.05, 4.69) is 25.9 Å². The van der Waals surface area contributed by atoms with E-state index in [-0.39, 0.29) is 20.9 Å². The normalized spacial score (nSPS) is 7.50. The van der Waals surface area contributed by atoms with Crippen LogP contribution in [0, 0.1) is 0 Å². The SMILES string of the molecule is C.CCCN(C)C.S. The molecule has 0 heterocycles. The van der Waals surface area contributed by atoms with E-state index in [9.17, 15) is 0 Å². The summed E-state index contributed by atoms with van der Waals surface area (Å²) in [4.78, 5) is 2.18. The zero-order valence-electron chi connectivity index (χ0n) is 5.36. The van der Waals surface area contributed by atoms with Crippen molar-refractivity contribution in [2.75, 3.05) is 20.6 Å². The van der Waals surface area contributed by atoms with Crippen LogP contribution < -0.4 is 0 Å². The first-order chi connectivity index (χ1) is 2.77. The molecule has 0 radical (unpaired) electrons. The number of rotatable bonds is 2. The average molecular weight is 137 g/mol. The molecule has 0 atom stereocenters. The van der Waals surface area contributed by atoms with Crippen molar-refractivity contribution < 1.29 is 0 Å². The maximum atomic E-state index is 2.18. The molecule has 0 rings (SSSR count). The molecule has 0 spiro atoms. The lowest BCUT2D eigenvalue weighted by Gasteiger charge is -2.03. The minimum atomic E-state index is 0. The Hall–Kier alpha value is 0.310. The molecule has 0 aromatic heterocycles. The van der Waals surface area contributed by atoms with E-state index < -0.39 is 0 Å². The predicted molar refractivity (Wildman–Crippen MR) is 46.0 cm³/mol. The van der Waals surface area contributed by atoms with E-state index in [1.54, 1.807) is 0 Å². The van der Waals surface area contributed by atoms with Crippen LogP contribution in [0.2, 0.25) is 0 Å². The molecule has 0 fully saturated rings. The van der Waals surface area contributed by atoms with Gasteiger partial charge in [-0.15, -0.1) is 0 Å². The molecule has 0 aliphatic carbocycles. The average Bonchev–Trinajstić information content (AvgIpc) is 1.35. The number of nitrogens with zero attached hydrogens (tertiary/aromatic N) is 1. The van der Waals surface area contributed by atoms with Crippen molar-refractivity contribution in [1.82, 2.24) is 4.90 Å². The highest BCUT2D eigenvalue weighted by Crippen LogP contribution is 1.76. The molecule has 0 unspecified atom stereocenters. The number of hydrogen-bond donors (Lipinski definition) is 0. The summed E-state index contributed by atoms with van der Waals surface area (Å²) in [5.41, 5.74) is 0. The van der Waals surface area contributed by atoms with Crippen molar-refractivity contribution in [3.63, 3.8) is 0 Å². The molecule has 0 N–H and O–H groups in total. The van der Waals surface area contributed by atoms with Gasteiger partial charge >= 0.3 is 0 Å². The van der Waals surface area contributed by atoms with E-state index in [4.69, 9.17) is 0 Å². The van der Waals surface area contributed by atoms with Gasteiger partial charge in [-0.25, -0.2) is 0 Å². The van der Waals surface area contributed by atoms with Gasteiger partial charge in [0.05, 0.1) is 0 Å². The lowest BCUT2D eigenvalue weighted by Crippen LogP contribution is -2.11. The highest BCUT2D eigenvalue weighted by molar-refractivity contribution is 7.59. The molecule has 0 aliphatic rings. The second kappa shape index (κ2) is 10.3. The van der Waals surface area contributed by atoms with Crippen molar-refractivity contribution in [3.05, 3.63) is 0 Å². The van der Waals surface area contributed by atoms with Gasteiger partial charge in [0.25, 0.3) is 0 Å². The third-order valence-corrected chi connectivity index (χ3v) is 0.671. The lowest BCUT2D eigenvalue weighted by molar-refractivity contribution is 0.408. The Morgan fingerprint density at radius 2 is 1.62 bits per heavy atom. The third-order valence-electron chi connectivity index (χ3n) is 0.671. The van der Waals surface area contributed by atoms with E-state index in [0.717, 1.165) is 0 Å². The molecule has 0 saturated heterocycles. The minimum absolute atomic E-state index is 0. The van der Waals surface area contributed by atoms with Gasteiger partial charge in [0.1, 0.15) is 0 Å². The smallest absolute Gasteiger partial charge is 0.00275 e. The minimum Gasteiger partial charge on any atom is -0.309 e. The Kier molecular flexibility index (Phi) is 20.3. The lowest BCUT2D eigenvalue weighted by atomic mass is 10.5. The van der Waals surface area contributed by atoms with Gasteiger partial charge in [0, 0.05) is 0 Å². The molecule has 54 valence electrons. The van der Waals surface area contributed by atoms with Crippen LogP contribution in [0.15, 0.2) is 0 Å². The van der Waals surface area contributed by atoms with Crippen LogP contribution in [-0.4, -0.2) is 25.5 Å². The Balaban J connectivity index is -0.000000125. The molecule has 0 aliphatic heterocycles. The molecule has 0 saturated carbocycles. The van der Waals surface area contributed by atoms with Crippen molar-refractivity contribution in [1.29, 1.82) is 0 Å². The van der Waals surface area contributed by atoms with Gasteiger partial charge in [0.2, 0.25) is 0 Å². The first-order valence-electron chi connectivity index (χ1n) is 2.42. The zero-order chi connectivity index (χ0) is 4.99. The van der Waals surface area contributed by atoms with Gasteiger partial charge in [-0.1, -0.05) is 14.4 Å². The maximum absolute atomic E-state index is 2.18. The zero-order valence-corrected chi connectivity index (χ0v) is 6.36. The molecule has 2 heteroatoms. The Labute approximate surface area is 60.5 Å². The van der Waals surface area contributed by atoms with Crippen molar-refractivity contribution in [2.45, 2.75) is 20.8 Å². The van der Waals surface area contributed by atoms with Crippen LogP contribution in [0.5, 0.6) is 0 Å². The van der Waals surface area contributed by atoms with Crippen LogP contribution in [-0.2, 0) is 0 Å². The first kappa shape index (κ1) is 15.7. The Morgan fingerprint density at radius 1 is 1.25 bits per heavy atom. The monoisotopic (exact) mass is 137 g/mol. The predicted octanol–water partition coefficient (Wildman–Crippen LogP) is 1.71. The number of hydrogen-bond acceptors (Lipinski definition) is 1. The highest BCUT2D eigenvalue weighted by Gasteiger charge is 1.79. The van der Waals surface area contributed by atoms with E-state index in [1.165, 1.54) is 13.0 Å². The Bertz CT molecular complexity index is 29.7. The Morgan fingerprint density at radius 3 is 1.62 bits per heavy atom. The van der Waals surface area contributed by atoms with Gasteiger partial charge < -0.3 is 4.90 Å². The second-order valence-corrected chi connectivity index (χ2v) is 1.80.